The first-order valence-corrected chi connectivity index (χ1v) is 3.07. The number of likely N-dealkylation sites (tertiary alicyclic amines) is 1. The minimum absolute atomic E-state index is 0.606. The first-order chi connectivity index (χ1) is 3.81. The van der Waals surface area contributed by atoms with Gasteiger partial charge in [0.05, 0.1) is 0 Å². The molecule has 2 heteroatoms. The molecule has 0 bridgehead atoms. The second kappa shape index (κ2) is 1.25. The van der Waals surface area contributed by atoms with Crippen LogP contribution in [0.5, 0.6) is 0 Å². The van der Waals surface area contributed by atoms with Crippen LogP contribution in [0.4, 0.5) is 0 Å². The molecule has 0 saturated carbocycles. The number of nitrogens with one attached hydrogen (secondary N) is 1. The number of nitrogens with zero attached hydrogens (tertiary/aromatic N) is 1. The van der Waals surface area contributed by atoms with Crippen molar-refractivity contribution in [3.8, 4) is 0 Å². The number of rotatable bonds is 0. The summed E-state index contributed by atoms with van der Waals surface area (Å²) in [6.45, 7) is 5.96. The fourth-order valence-corrected chi connectivity index (χ4v) is 1.62. The Labute approximate surface area is 49.9 Å². The molecule has 2 rings (SSSR count). The maximum atomic E-state index is 3.17. The standard InChI is InChI=1S/C6H11N2/c1-8-4-6(5-8)2-7-3-6/h2,7H,3-5H2,1H3. The summed E-state index contributed by atoms with van der Waals surface area (Å²) in [5.41, 5.74) is 0.606. The van der Waals surface area contributed by atoms with Crippen molar-refractivity contribution in [2.24, 2.45) is 5.41 Å². The summed E-state index contributed by atoms with van der Waals surface area (Å²) in [7, 11) is 2.16. The second-order valence-electron chi connectivity index (χ2n) is 3.06. The Kier molecular flexibility index (Phi) is 0.746. The lowest BCUT2D eigenvalue weighted by Gasteiger charge is -2.54. The highest BCUT2D eigenvalue weighted by Gasteiger charge is 2.45. The molecule has 2 heterocycles. The van der Waals surface area contributed by atoms with Crippen LogP contribution in [0.15, 0.2) is 0 Å². The molecule has 2 aliphatic rings. The Morgan fingerprint density at radius 3 is 2.38 bits per heavy atom. The summed E-state index contributed by atoms with van der Waals surface area (Å²) < 4.78 is 0. The van der Waals surface area contributed by atoms with Crippen molar-refractivity contribution < 1.29 is 0 Å². The minimum Gasteiger partial charge on any atom is -0.311 e. The van der Waals surface area contributed by atoms with Gasteiger partial charge < -0.3 is 10.2 Å². The Morgan fingerprint density at radius 2 is 2.25 bits per heavy atom. The van der Waals surface area contributed by atoms with Crippen LogP contribution in [0, 0.1) is 12.0 Å². The summed E-state index contributed by atoms with van der Waals surface area (Å²) in [6, 6.07) is 0. The van der Waals surface area contributed by atoms with Gasteiger partial charge in [-0.15, -0.1) is 0 Å². The monoisotopic (exact) mass is 111 g/mol. The molecule has 2 fully saturated rings. The molecule has 0 unspecified atom stereocenters. The van der Waals surface area contributed by atoms with Crippen LogP contribution >= 0.6 is 0 Å². The zero-order chi connectivity index (χ0) is 5.61. The van der Waals surface area contributed by atoms with Gasteiger partial charge in [0.1, 0.15) is 0 Å². The molecule has 2 aliphatic heterocycles. The van der Waals surface area contributed by atoms with Crippen molar-refractivity contribution in [1.29, 1.82) is 0 Å². The molecule has 0 aromatic rings. The Hall–Kier alpha value is -0.0800. The Balaban J connectivity index is 1.92. The van der Waals surface area contributed by atoms with Gasteiger partial charge in [0.2, 0.25) is 0 Å². The lowest BCUT2D eigenvalue weighted by molar-refractivity contribution is 0.00939. The van der Waals surface area contributed by atoms with Crippen molar-refractivity contribution in [3.05, 3.63) is 6.54 Å². The maximum absolute atomic E-state index is 3.17. The van der Waals surface area contributed by atoms with Crippen LogP contribution in [0.3, 0.4) is 0 Å². The number of hydrogen-bond acceptors (Lipinski definition) is 2. The van der Waals surface area contributed by atoms with Gasteiger partial charge in [0, 0.05) is 31.6 Å². The molecular formula is C6H11N2. The van der Waals surface area contributed by atoms with Gasteiger partial charge in [-0.25, -0.2) is 0 Å². The molecule has 1 N–H and O–H groups in total. The van der Waals surface area contributed by atoms with E-state index >= 15 is 0 Å². The van der Waals surface area contributed by atoms with Crippen molar-refractivity contribution in [3.63, 3.8) is 0 Å². The summed E-state index contributed by atoms with van der Waals surface area (Å²) in [4.78, 5) is 2.34. The quantitative estimate of drug-likeness (QED) is 0.461. The first kappa shape index (κ1) is 4.77. The number of hydrogen-bond donors (Lipinski definition) is 1. The van der Waals surface area contributed by atoms with E-state index in [1.165, 1.54) is 19.6 Å². The van der Waals surface area contributed by atoms with Crippen LogP contribution in [-0.2, 0) is 0 Å². The van der Waals surface area contributed by atoms with Crippen molar-refractivity contribution >= 4 is 0 Å². The van der Waals surface area contributed by atoms with Crippen LogP contribution in [0.25, 0.3) is 0 Å². The van der Waals surface area contributed by atoms with Gasteiger partial charge in [0.15, 0.2) is 0 Å². The highest BCUT2D eigenvalue weighted by Crippen LogP contribution is 2.35. The van der Waals surface area contributed by atoms with E-state index in [1.807, 2.05) is 0 Å². The first-order valence-electron chi connectivity index (χ1n) is 3.07. The summed E-state index contributed by atoms with van der Waals surface area (Å²) in [5.74, 6) is 0. The molecule has 2 nitrogen and oxygen atoms in total. The van der Waals surface area contributed by atoms with Gasteiger partial charge in [-0.2, -0.15) is 0 Å². The average molecular weight is 111 g/mol. The molecule has 0 aromatic heterocycles. The van der Waals surface area contributed by atoms with Gasteiger partial charge in [-0.05, 0) is 7.05 Å². The van der Waals surface area contributed by atoms with E-state index in [-0.39, 0.29) is 0 Å². The molecule has 1 spiro atoms. The van der Waals surface area contributed by atoms with E-state index in [4.69, 9.17) is 0 Å². The lowest BCUT2D eigenvalue weighted by Crippen LogP contribution is -2.66. The zero-order valence-electron chi connectivity index (χ0n) is 5.15. The predicted molar refractivity (Wildman–Crippen MR) is 32.2 cm³/mol. The summed E-state index contributed by atoms with van der Waals surface area (Å²) >= 11 is 0. The van der Waals surface area contributed by atoms with E-state index in [0.717, 1.165) is 0 Å². The van der Waals surface area contributed by atoms with Crippen molar-refractivity contribution in [2.45, 2.75) is 0 Å². The van der Waals surface area contributed by atoms with Gasteiger partial charge in [-0.3, -0.25) is 0 Å². The van der Waals surface area contributed by atoms with Gasteiger partial charge in [0.25, 0.3) is 0 Å². The van der Waals surface area contributed by atoms with Crippen molar-refractivity contribution in [2.75, 3.05) is 26.7 Å². The fraction of sp³-hybridized carbons (Fsp3) is 0.833. The van der Waals surface area contributed by atoms with Gasteiger partial charge in [-0.1, -0.05) is 0 Å². The molecule has 8 heavy (non-hydrogen) atoms. The SMILES string of the molecule is CN1CC2([CH]NC2)C1. The van der Waals surface area contributed by atoms with E-state index in [0.29, 0.717) is 5.41 Å². The van der Waals surface area contributed by atoms with E-state index < -0.39 is 0 Å². The van der Waals surface area contributed by atoms with Crippen LogP contribution in [-0.4, -0.2) is 31.6 Å². The van der Waals surface area contributed by atoms with Gasteiger partial charge >= 0.3 is 0 Å². The molecular weight excluding hydrogens is 100 g/mol. The summed E-state index contributed by atoms with van der Waals surface area (Å²) in [5, 5.41) is 3.17. The normalized spacial score (nSPS) is 34.1. The Bertz CT molecular complexity index is 99.1. The molecule has 0 aliphatic carbocycles. The topological polar surface area (TPSA) is 15.3 Å². The van der Waals surface area contributed by atoms with E-state index in [9.17, 15) is 0 Å². The molecule has 45 valence electrons. The molecule has 0 aromatic carbocycles. The summed E-state index contributed by atoms with van der Waals surface area (Å²) in [6.07, 6.45) is 0. The predicted octanol–water partition coefficient (Wildman–Crippen LogP) is -0.317. The van der Waals surface area contributed by atoms with E-state index in [1.54, 1.807) is 0 Å². The third-order valence-corrected chi connectivity index (χ3v) is 2.03. The van der Waals surface area contributed by atoms with E-state index in [2.05, 4.69) is 23.8 Å². The smallest absolute Gasteiger partial charge is 0.0321 e. The zero-order valence-corrected chi connectivity index (χ0v) is 5.15. The lowest BCUT2D eigenvalue weighted by atomic mass is 9.75. The average Bonchev–Trinajstić information content (AvgIpc) is 1.51. The second-order valence-corrected chi connectivity index (χ2v) is 3.06. The highest BCUT2D eigenvalue weighted by molar-refractivity contribution is 5.10. The molecule has 0 amide bonds. The van der Waals surface area contributed by atoms with Crippen molar-refractivity contribution in [1.82, 2.24) is 10.2 Å². The van der Waals surface area contributed by atoms with Crippen LogP contribution in [0.1, 0.15) is 0 Å². The fourth-order valence-electron chi connectivity index (χ4n) is 1.62. The Morgan fingerprint density at radius 1 is 1.62 bits per heavy atom. The highest BCUT2D eigenvalue weighted by atomic mass is 15.2. The minimum atomic E-state index is 0.606. The van der Waals surface area contributed by atoms with Crippen LogP contribution in [0.2, 0.25) is 0 Å². The largest absolute Gasteiger partial charge is 0.311 e. The molecule has 1 radical (unpaired) electrons. The third-order valence-electron chi connectivity index (χ3n) is 2.03. The molecule has 2 saturated heterocycles. The maximum Gasteiger partial charge on any atom is 0.0321 e. The third kappa shape index (κ3) is 0.446. The van der Waals surface area contributed by atoms with Crippen LogP contribution < -0.4 is 5.32 Å². The molecule has 0 atom stereocenters.